The minimum Gasteiger partial charge on any atom is -0.390 e. The standard InChI is InChI=1S/C21H23N5O2/c1-13(2)8-18(27)19(28)16-9-15-6-7-26(21(15)22-11-16)17-5-3-4-14(10-17)20-23-12-24-25-20/h3-7,9-13,18-19,27-28H,8H2,1-2H3,(H,23,24,25)/t18?,19-/m0/s1. The van der Waals surface area contributed by atoms with Crippen molar-refractivity contribution in [2.45, 2.75) is 32.5 Å². The third kappa shape index (κ3) is 3.54. The Morgan fingerprint density at radius 1 is 1.11 bits per heavy atom. The highest BCUT2D eigenvalue weighted by Crippen LogP contribution is 2.27. The van der Waals surface area contributed by atoms with Gasteiger partial charge in [-0.1, -0.05) is 26.0 Å². The van der Waals surface area contributed by atoms with E-state index in [1.807, 2.05) is 61.0 Å². The van der Waals surface area contributed by atoms with E-state index in [2.05, 4.69) is 20.2 Å². The van der Waals surface area contributed by atoms with Crippen molar-refractivity contribution < 1.29 is 10.2 Å². The number of aromatic amines is 1. The van der Waals surface area contributed by atoms with Crippen molar-refractivity contribution in [3.8, 4) is 17.1 Å². The molecule has 28 heavy (non-hydrogen) atoms. The van der Waals surface area contributed by atoms with E-state index in [4.69, 9.17) is 0 Å². The molecular formula is C21H23N5O2. The Labute approximate surface area is 162 Å². The molecule has 2 atom stereocenters. The Balaban J connectivity index is 1.66. The second-order valence-corrected chi connectivity index (χ2v) is 7.39. The lowest BCUT2D eigenvalue weighted by atomic mass is 9.97. The number of aromatic nitrogens is 5. The van der Waals surface area contributed by atoms with Crippen LogP contribution in [-0.4, -0.2) is 41.0 Å². The minimum absolute atomic E-state index is 0.305. The average Bonchev–Trinajstić information content (AvgIpc) is 3.36. The molecule has 0 amide bonds. The maximum Gasteiger partial charge on any atom is 0.155 e. The smallest absolute Gasteiger partial charge is 0.155 e. The molecular weight excluding hydrogens is 354 g/mol. The van der Waals surface area contributed by atoms with Crippen LogP contribution in [0.2, 0.25) is 0 Å². The van der Waals surface area contributed by atoms with E-state index in [0.29, 0.717) is 23.7 Å². The van der Waals surface area contributed by atoms with E-state index in [-0.39, 0.29) is 0 Å². The molecule has 7 heteroatoms. The third-order valence-corrected chi connectivity index (χ3v) is 4.78. The zero-order valence-corrected chi connectivity index (χ0v) is 15.8. The molecule has 0 aliphatic rings. The summed E-state index contributed by atoms with van der Waals surface area (Å²) in [6.07, 6.45) is 3.84. The number of nitrogens with zero attached hydrogens (tertiary/aromatic N) is 4. The summed E-state index contributed by atoms with van der Waals surface area (Å²) in [6, 6.07) is 11.8. The maximum absolute atomic E-state index is 10.5. The summed E-state index contributed by atoms with van der Waals surface area (Å²) in [6.45, 7) is 4.04. The summed E-state index contributed by atoms with van der Waals surface area (Å²) in [5.74, 6) is 1.01. The number of nitrogens with one attached hydrogen (secondary N) is 1. The topological polar surface area (TPSA) is 99.8 Å². The van der Waals surface area contributed by atoms with Crippen LogP contribution in [0.15, 0.2) is 55.1 Å². The number of hydrogen-bond donors (Lipinski definition) is 3. The molecule has 3 heterocycles. The summed E-state index contributed by atoms with van der Waals surface area (Å²) in [5.41, 5.74) is 3.28. The molecule has 0 saturated carbocycles. The van der Waals surface area contributed by atoms with Crippen molar-refractivity contribution in [1.82, 2.24) is 24.7 Å². The first-order chi connectivity index (χ1) is 13.5. The quantitative estimate of drug-likeness (QED) is 0.479. The second kappa shape index (κ2) is 7.53. The van der Waals surface area contributed by atoms with E-state index in [0.717, 1.165) is 22.3 Å². The Bertz CT molecular complexity index is 1070. The molecule has 0 saturated heterocycles. The molecule has 1 unspecified atom stereocenters. The first kappa shape index (κ1) is 18.3. The molecule has 4 rings (SSSR count). The van der Waals surface area contributed by atoms with E-state index in [9.17, 15) is 10.2 Å². The normalized spacial score (nSPS) is 13.9. The van der Waals surface area contributed by atoms with Crippen LogP contribution in [0.4, 0.5) is 0 Å². The van der Waals surface area contributed by atoms with Gasteiger partial charge in [0.1, 0.15) is 18.1 Å². The van der Waals surface area contributed by atoms with Gasteiger partial charge in [-0.15, -0.1) is 0 Å². The van der Waals surface area contributed by atoms with Gasteiger partial charge in [-0.2, -0.15) is 5.10 Å². The minimum atomic E-state index is -0.947. The molecule has 4 aromatic rings. The molecule has 0 aliphatic heterocycles. The number of fused-ring (bicyclic) bond motifs is 1. The molecule has 3 aromatic heterocycles. The lowest BCUT2D eigenvalue weighted by molar-refractivity contribution is 0.00624. The molecule has 0 fully saturated rings. The summed E-state index contributed by atoms with van der Waals surface area (Å²) in [5, 5.41) is 28.3. The lowest BCUT2D eigenvalue weighted by Gasteiger charge is -2.19. The monoisotopic (exact) mass is 377 g/mol. The molecule has 3 N–H and O–H groups in total. The highest BCUT2D eigenvalue weighted by Gasteiger charge is 2.20. The fourth-order valence-corrected chi connectivity index (χ4v) is 3.39. The predicted octanol–water partition coefficient (Wildman–Crippen LogP) is 3.25. The van der Waals surface area contributed by atoms with E-state index >= 15 is 0 Å². The lowest BCUT2D eigenvalue weighted by Crippen LogP contribution is -2.20. The summed E-state index contributed by atoms with van der Waals surface area (Å²) < 4.78 is 1.98. The molecule has 0 radical (unpaired) electrons. The van der Waals surface area contributed by atoms with Gasteiger partial charge in [0.15, 0.2) is 5.82 Å². The van der Waals surface area contributed by atoms with Gasteiger partial charge in [0.05, 0.1) is 6.10 Å². The summed E-state index contributed by atoms with van der Waals surface area (Å²) in [4.78, 5) is 8.74. The fourth-order valence-electron chi connectivity index (χ4n) is 3.39. The van der Waals surface area contributed by atoms with E-state index < -0.39 is 12.2 Å². The van der Waals surface area contributed by atoms with Gasteiger partial charge in [-0.25, -0.2) is 9.97 Å². The largest absolute Gasteiger partial charge is 0.390 e. The first-order valence-corrected chi connectivity index (χ1v) is 9.32. The Hall–Kier alpha value is -3.03. The van der Waals surface area contributed by atoms with Crippen LogP contribution >= 0.6 is 0 Å². The van der Waals surface area contributed by atoms with Gasteiger partial charge >= 0.3 is 0 Å². The predicted molar refractivity (Wildman–Crippen MR) is 107 cm³/mol. The van der Waals surface area contributed by atoms with Crippen LogP contribution in [0.25, 0.3) is 28.1 Å². The highest BCUT2D eigenvalue weighted by molar-refractivity contribution is 5.79. The van der Waals surface area contributed by atoms with Crippen LogP contribution in [0.1, 0.15) is 31.9 Å². The Morgan fingerprint density at radius 3 is 2.71 bits per heavy atom. The van der Waals surface area contributed by atoms with Gasteiger partial charge in [0.2, 0.25) is 0 Å². The SMILES string of the molecule is CC(C)CC(O)[C@@H](O)c1cnc2c(ccn2-c2cccc(-c3ncn[nH]3)c2)c1. The van der Waals surface area contributed by atoms with Gasteiger partial charge in [-0.3, -0.25) is 5.10 Å². The molecule has 0 bridgehead atoms. The molecule has 0 spiro atoms. The highest BCUT2D eigenvalue weighted by atomic mass is 16.3. The molecule has 144 valence electrons. The van der Waals surface area contributed by atoms with Crippen molar-refractivity contribution in [1.29, 1.82) is 0 Å². The van der Waals surface area contributed by atoms with Crippen molar-refractivity contribution in [3.63, 3.8) is 0 Å². The zero-order valence-electron chi connectivity index (χ0n) is 15.8. The van der Waals surface area contributed by atoms with E-state index in [1.54, 1.807) is 6.20 Å². The van der Waals surface area contributed by atoms with Crippen LogP contribution in [0, 0.1) is 5.92 Å². The van der Waals surface area contributed by atoms with Gasteiger partial charge < -0.3 is 14.8 Å². The first-order valence-electron chi connectivity index (χ1n) is 9.32. The van der Waals surface area contributed by atoms with Gasteiger partial charge in [-0.05, 0) is 36.6 Å². The summed E-state index contributed by atoms with van der Waals surface area (Å²) >= 11 is 0. The number of hydrogen-bond acceptors (Lipinski definition) is 5. The number of aliphatic hydroxyl groups is 2. The van der Waals surface area contributed by atoms with Crippen LogP contribution in [0.5, 0.6) is 0 Å². The number of H-pyrrole nitrogens is 1. The maximum atomic E-state index is 10.5. The number of pyridine rings is 1. The second-order valence-electron chi connectivity index (χ2n) is 7.39. The Kier molecular flexibility index (Phi) is 4.93. The molecule has 7 nitrogen and oxygen atoms in total. The van der Waals surface area contributed by atoms with Crippen molar-refractivity contribution >= 4 is 11.0 Å². The van der Waals surface area contributed by atoms with Gasteiger partial charge in [0.25, 0.3) is 0 Å². The number of aliphatic hydroxyl groups excluding tert-OH is 2. The van der Waals surface area contributed by atoms with Crippen molar-refractivity contribution in [2.75, 3.05) is 0 Å². The zero-order chi connectivity index (χ0) is 19.7. The number of benzene rings is 1. The van der Waals surface area contributed by atoms with Crippen molar-refractivity contribution in [2.24, 2.45) is 5.92 Å². The van der Waals surface area contributed by atoms with Crippen LogP contribution < -0.4 is 0 Å². The average molecular weight is 377 g/mol. The van der Waals surface area contributed by atoms with Gasteiger partial charge in [0, 0.05) is 34.6 Å². The Morgan fingerprint density at radius 2 is 1.96 bits per heavy atom. The number of rotatable bonds is 6. The van der Waals surface area contributed by atoms with Crippen LogP contribution in [0.3, 0.4) is 0 Å². The van der Waals surface area contributed by atoms with E-state index in [1.165, 1.54) is 6.33 Å². The summed E-state index contributed by atoms with van der Waals surface area (Å²) in [7, 11) is 0. The van der Waals surface area contributed by atoms with Crippen LogP contribution in [-0.2, 0) is 0 Å². The fraction of sp³-hybridized carbons (Fsp3) is 0.286. The third-order valence-electron chi connectivity index (χ3n) is 4.78. The van der Waals surface area contributed by atoms with Crippen molar-refractivity contribution in [3.05, 3.63) is 60.7 Å². The molecule has 0 aliphatic carbocycles. The molecule has 1 aromatic carbocycles.